The lowest BCUT2D eigenvalue weighted by Gasteiger charge is -2.34. The zero-order valence-corrected chi connectivity index (χ0v) is 19.9. The van der Waals surface area contributed by atoms with E-state index >= 15 is 0 Å². The van der Waals surface area contributed by atoms with Crippen LogP contribution in [0.25, 0.3) is 0 Å². The van der Waals surface area contributed by atoms with Crippen LogP contribution in [0.15, 0.2) is 43.2 Å². The van der Waals surface area contributed by atoms with Crippen LogP contribution in [-0.2, 0) is 32.0 Å². The fraction of sp³-hybridized carbons (Fsp3) is 0.500. The van der Waals surface area contributed by atoms with Crippen molar-refractivity contribution in [2.45, 2.75) is 50.5 Å². The first-order chi connectivity index (χ1) is 17.6. The second kappa shape index (κ2) is 13.1. The zero-order chi connectivity index (χ0) is 26.8. The molecular weight excluding hydrogens is 495 g/mol. The molecule has 0 spiro atoms. The third-order valence-corrected chi connectivity index (χ3v) is 6.14. The molecule has 2 aromatic rings. The Morgan fingerprint density at radius 3 is 2.41 bits per heavy atom. The van der Waals surface area contributed by atoms with Gasteiger partial charge in [0.05, 0.1) is 6.10 Å². The summed E-state index contributed by atoms with van der Waals surface area (Å²) in [5.41, 5.74) is 2.10. The number of nitrogens with one attached hydrogen (secondary N) is 1. The molecule has 2 amide bonds. The van der Waals surface area contributed by atoms with Gasteiger partial charge in [0.2, 0.25) is 11.8 Å². The molecule has 200 valence electrons. The van der Waals surface area contributed by atoms with Gasteiger partial charge in [-0.15, -0.1) is 0 Å². The van der Waals surface area contributed by atoms with Crippen molar-refractivity contribution in [1.29, 1.82) is 0 Å². The summed E-state index contributed by atoms with van der Waals surface area (Å²) in [6.45, 7) is 1.87. The largest absolute Gasteiger partial charge is 0.490 e. The SMILES string of the molecule is O=C(NCCc1ccncc1)C1C[C@@H]2CCN(C(=O)CCc3cncnc3)C[C@@H]2O1.O=C(O)C(F)(F)F. The van der Waals surface area contributed by atoms with Crippen molar-refractivity contribution < 1.29 is 37.4 Å². The van der Waals surface area contributed by atoms with Gasteiger partial charge in [-0.25, -0.2) is 14.8 Å². The lowest BCUT2D eigenvalue weighted by Crippen LogP contribution is -2.45. The van der Waals surface area contributed by atoms with Crippen molar-refractivity contribution in [1.82, 2.24) is 25.2 Å². The molecule has 3 atom stereocenters. The number of pyridine rings is 1. The predicted molar refractivity (Wildman–Crippen MR) is 123 cm³/mol. The summed E-state index contributed by atoms with van der Waals surface area (Å²) in [6.07, 6.45) is 6.35. The Morgan fingerprint density at radius 1 is 1.08 bits per heavy atom. The van der Waals surface area contributed by atoms with Crippen LogP contribution < -0.4 is 5.32 Å². The second-order valence-electron chi connectivity index (χ2n) is 8.73. The van der Waals surface area contributed by atoms with E-state index in [9.17, 15) is 22.8 Å². The molecule has 2 aromatic heterocycles. The van der Waals surface area contributed by atoms with Crippen molar-refractivity contribution in [3.63, 3.8) is 0 Å². The fourth-order valence-corrected chi connectivity index (χ4v) is 4.19. The van der Waals surface area contributed by atoms with Crippen molar-refractivity contribution >= 4 is 17.8 Å². The number of ether oxygens (including phenoxy) is 1. The van der Waals surface area contributed by atoms with Crippen LogP contribution >= 0.6 is 0 Å². The van der Waals surface area contributed by atoms with Gasteiger partial charge in [0.15, 0.2) is 0 Å². The first-order valence-corrected chi connectivity index (χ1v) is 11.8. The Bertz CT molecular complexity index is 1040. The third-order valence-electron chi connectivity index (χ3n) is 6.14. The van der Waals surface area contributed by atoms with E-state index in [1.165, 1.54) is 6.33 Å². The number of alkyl halides is 3. The summed E-state index contributed by atoms with van der Waals surface area (Å²) in [5.74, 6) is -2.36. The van der Waals surface area contributed by atoms with Crippen LogP contribution in [0.5, 0.6) is 0 Å². The van der Waals surface area contributed by atoms with Gasteiger partial charge >= 0.3 is 12.1 Å². The smallest absolute Gasteiger partial charge is 0.475 e. The molecule has 0 bridgehead atoms. The number of carbonyl (C=O) groups is 3. The third kappa shape index (κ3) is 8.77. The topological polar surface area (TPSA) is 135 Å². The van der Waals surface area contributed by atoms with Gasteiger partial charge < -0.3 is 20.1 Å². The number of fused-ring (bicyclic) bond motifs is 1. The van der Waals surface area contributed by atoms with Crippen LogP contribution in [0.1, 0.15) is 30.4 Å². The number of rotatable bonds is 7. The lowest BCUT2D eigenvalue weighted by molar-refractivity contribution is -0.192. The van der Waals surface area contributed by atoms with E-state index in [0.29, 0.717) is 31.8 Å². The Morgan fingerprint density at radius 2 is 1.76 bits per heavy atom. The number of carboxylic acids is 1. The molecule has 4 rings (SSSR count). The number of aryl methyl sites for hydroxylation is 1. The van der Waals surface area contributed by atoms with E-state index in [2.05, 4.69) is 20.3 Å². The number of likely N-dealkylation sites (tertiary alicyclic amines) is 1. The van der Waals surface area contributed by atoms with Crippen LogP contribution in [0, 0.1) is 5.92 Å². The van der Waals surface area contributed by atoms with E-state index < -0.39 is 18.2 Å². The molecular formula is C24H28F3N5O5. The van der Waals surface area contributed by atoms with E-state index in [4.69, 9.17) is 14.6 Å². The van der Waals surface area contributed by atoms with E-state index in [1.807, 2.05) is 17.0 Å². The van der Waals surface area contributed by atoms with Crippen molar-refractivity contribution in [2.24, 2.45) is 5.92 Å². The Kier molecular flexibility index (Phi) is 9.89. The van der Waals surface area contributed by atoms with E-state index in [-0.39, 0.29) is 17.9 Å². The normalized spacial score (nSPS) is 20.8. The van der Waals surface area contributed by atoms with Crippen molar-refractivity contribution in [3.05, 3.63) is 54.4 Å². The predicted octanol–water partition coefficient (Wildman–Crippen LogP) is 1.80. The highest BCUT2D eigenvalue weighted by Crippen LogP contribution is 2.33. The van der Waals surface area contributed by atoms with E-state index in [0.717, 1.165) is 36.9 Å². The van der Waals surface area contributed by atoms with Gasteiger partial charge in [-0.05, 0) is 54.9 Å². The molecule has 2 aliphatic rings. The van der Waals surface area contributed by atoms with Crippen LogP contribution in [0.2, 0.25) is 0 Å². The molecule has 0 aromatic carbocycles. The second-order valence-corrected chi connectivity index (χ2v) is 8.73. The molecule has 2 N–H and O–H groups in total. The maximum atomic E-state index is 12.6. The first kappa shape index (κ1) is 28.0. The number of hydrogen-bond acceptors (Lipinski definition) is 7. The Labute approximate surface area is 211 Å². The van der Waals surface area contributed by atoms with Crippen LogP contribution in [0.3, 0.4) is 0 Å². The lowest BCUT2D eigenvalue weighted by atomic mass is 9.91. The summed E-state index contributed by atoms with van der Waals surface area (Å²) in [6, 6.07) is 3.90. The highest BCUT2D eigenvalue weighted by atomic mass is 19.4. The van der Waals surface area contributed by atoms with Crippen molar-refractivity contribution in [2.75, 3.05) is 19.6 Å². The maximum Gasteiger partial charge on any atom is 0.490 e. The molecule has 37 heavy (non-hydrogen) atoms. The van der Waals surface area contributed by atoms with Gasteiger partial charge in [0.1, 0.15) is 12.4 Å². The molecule has 0 aliphatic carbocycles. The Balaban J connectivity index is 0.000000479. The average Bonchev–Trinajstić information content (AvgIpc) is 3.32. The number of aliphatic carboxylic acids is 1. The number of carbonyl (C=O) groups excluding carboxylic acids is 2. The maximum absolute atomic E-state index is 12.6. The first-order valence-electron chi connectivity index (χ1n) is 11.8. The minimum absolute atomic E-state index is 0.0552. The minimum Gasteiger partial charge on any atom is -0.475 e. The summed E-state index contributed by atoms with van der Waals surface area (Å²) in [7, 11) is 0. The molecule has 0 radical (unpaired) electrons. The Hall–Kier alpha value is -3.61. The van der Waals surface area contributed by atoms with Gasteiger partial charge in [-0.3, -0.25) is 14.6 Å². The number of amides is 2. The van der Waals surface area contributed by atoms with Crippen LogP contribution in [-0.4, -0.2) is 80.8 Å². The number of halogens is 3. The summed E-state index contributed by atoms with van der Waals surface area (Å²) >= 11 is 0. The number of aromatic nitrogens is 3. The van der Waals surface area contributed by atoms with Gasteiger partial charge in [0, 0.05) is 50.8 Å². The van der Waals surface area contributed by atoms with Gasteiger partial charge in [-0.1, -0.05) is 0 Å². The molecule has 2 fully saturated rings. The average molecular weight is 524 g/mol. The molecule has 13 heteroatoms. The standard InChI is InChI=1S/C22H27N5O3.C2HF3O2/c28-21(2-1-17-12-24-15-25-13-17)27-10-6-18-11-19(30-20(18)14-27)22(29)26-9-5-16-3-7-23-8-4-16;3-2(4,5)1(6)7/h3-4,7-8,12-13,15,18-20H,1-2,5-6,9-11,14H2,(H,26,29);(H,6,7)/t18-,19?,20-;/m0./s1. The van der Waals surface area contributed by atoms with Gasteiger partial charge in [0.25, 0.3) is 0 Å². The number of nitrogens with zero attached hydrogens (tertiary/aromatic N) is 4. The quantitative estimate of drug-likeness (QED) is 0.561. The monoisotopic (exact) mass is 523 g/mol. The van der Waals surface area contributed by atoms with Crippen LogP contribution in [0.4, 0.5) is 13.2 Å². The van der Waals surface area contributed by atoms with E-state index in [1.54, 1.807) is 24.8 Å². The summed E-state index contributed by atoms with van der Waals surface area (Å²) in [5, 5.41) is 10.1. The van der Waals surface area contributed by atoms with Crippen molar-refractivity contribution in [3.8, 4) is 0 Å². The number of piperidine rings is 1. The molecule has 4 heterocycles. The molecule has 2 saturated heterocycles. The molecule has 0 saturated carbocycles. The van der Waals surface area contributed by atoms with Gasteiger partial charge in [-0.2, -0.15) is 13.2 Å². The fourth-order valence-electron chi connectivity index (χ4n) is 4.19. The summed E-state index contributed by atoms with van der Waals surface area (Å²) < 4.78 is 37.8. The minimum atomic E-state index is -5.08. The zero-order valence-electron chi connectivity index (χ0n) is 19.9. The number of carboxylic acid groups (broad SMARTS) is 1. The number of hydrogen-bond donors (Lipinski definition) is 2. The highest BCUT2D eigenvalue weighted by molar-refractivity contribution is 5.81. The molecule has 10 nitrogen and oxygen atoms in total. The summed E-state index contributed by atoms with van der Waals surface area (Å²) in [4.78, 5) is 47.8. The molecule has 2 aliphatic heterocycles. The molecule has 1 unspecified atom stereocenters. The highest BCUT2D eigenvalue weighted by Gasteiger charge is 2.42.